The van der Waals surface area contributed by atoms with E-state index in [1.165, 1.54) is 16.7 Å². The van der Waals surface area contributed by atoms with E-state index < -0.39 is 0 Å². The normalized spacial score (nSPS) is 15.3. The van der Waals surface area contributed by atoms with Gasteiger partial charge in [0.2, 0.25) is 0 Å². The summed E-state index contributed by atoms with van der Waals surface area (Å²) in [6, 6.07) is 11.8. The van der Waals surface area contributed by atoms with Crippen LogP contribution in [-0.4, -0.2) is 30.2 Å². The Balaban J connectivity index is 1.90. The minimum Gasteiger partial charge on any atom is -0.365 e. The number of benzene rings is 2. The molecule has 0 spiro atoms. The SMILES string of the molecule is Cc1ccc(C(C)NC2=Nc3ccc(Cl)cc3C(=O)N(C)C2)cc1C. The molecule has 2 aromatic carbocycles. The molecule has 0 saturated heterocycles. The van der Waals surface area contributed by atoms with E-state index in [-0.39, 0.29) is 11.9 Å². The van der Waals surface area contributed by atoms with E-state index in [0.29, 0.717) is 22.8 Å². The van der Waals surface area contributed by atoms with Gasteiger partial charge in [-0.1, -0.05) is 29.8 Å². The molecule has 1 aliphatic rings. The van der Waals surface area contributed by atoms with Crippen molar-refractivity contribution in [2.24, 2.45) is 4.99 Å². The number of aliphatic imine (C=N–C) groups is 1. The molecule has 1 heterocycles. The van der Waals surface area contributed by atoms with Crippen molar-refractivity contribution in [1.29, 1.82) is 0 Å². The molecular weight excluding hydrogens is 334 g/mol. The van der Waals surface area contributed by atoms with Gasteiger partial charge in [-0.25, -0.2) is 4.99 Å². The van der Waals surface area contributed by atoms with Crippen LogP contribution in [0.4, 0.5) is 5.69 Å². The van der Waals surface area contributed by atoms with Crippen molar-refractivity contribution in [3.05, 3.63) is 63.7 Å². The van der Waals surface area contributed by atoms with Crippen molar-refractivity contribution in [3.8, 4) is 0 Å². The summed E-state index contributed by atoms with van der Waals surface area (Å²) in [5.41, 5.74) is 4.92. The zero-order chi connectivity index (χ0) is 18.1. The van der Waals surface area contributed by atoms with Crippen LogP contribution in [0.1, 0.15) is 40.0 Å². The number of amidine groups is 1. The smallest absolute Gasteiger partial charge is 0.256 e. The van der Waals surface area contributed by atoms with E-state index in [9.17, 15) is 4.79 Å². The number of nitrogens with one attached hydrogen (secondary N) is 1. The van der Waals surface area contributed by atoms with Crippen LogP contribution in [0, 0.1) is 13.8 Å². The lowest BCUT2D eigenvalue weighted by Gasteiger charge is -2.21. The van der Waals surface area contributed by atoms with Crippen LogP contribution in [0.2, 0.25) is 5.02 Å². The Bertz CT molecular complexity index is 860. The summed E-state index contributed by atoms with van der Waals surface area (Å²) in [5.74, 6) is 0.694. The number of fused-ring (bicyclic) bond motifs is 1. The zero-order valence-electron chi connectivity index (χ0n) is 14.9. The molecule has 1 amide bonds. The number of hydrogen-bond acceptors (Lipinski definition) is 3. The molecule has 2 aromatic rings. The molecule has 0 fully saturated rings. The summed E-state index contributed by atoms with van der Waals surface area (Å²) in [6.45, 7) is 6.75. The number of carbonyl (C=O) groups is 1. The van der Waals surface area contributed by atoms with Crippen LogP contribution in [0.15, 0.2) is 41.4 Å². The Morgan fingerprint density at radius 1 is 1.16 bits per heavy atom. The van der Waals surface area contributed by atoms with Gasteiger partial charge in [-0.2, -0.15) is 0 Å². The van der Waals surface area contributed by atoms with Crippen molar-refractivity contribution in [3.63, 3.8) is 0 Å². The van der Waals surface area contributed by atoms with E-state index in [2.05, 4.69) is 49.3 Å². The van der Waals surface area contributed by atoms with Crippen LogP contribution in [0.3, 0.4) is 0 Å². The molecule has 130 valence electrons. The summed E-state index contributed by atoms with van der Waals surface area (Å²) in [6.07, 6.45) is 0. The topological polar surface area (TPSA) is 44.7 Å². The van der Waals surface area contributed by atoms with Crippen LogP contribution >= 0.6 is 11.6 Å². The Kier molecular flexibility index (Phi) is 4.82. The molecule has 0 saturated carbocycles. The monoisotopic (exact) mass is 355 g/mol. The minimum atomic E-state index is -0.0723. The largest absolute Gasteiger partial charge is 0.365 e. The van der Waals surface area contributed by atoms with Gasteiger partial charge in [0.15, 0.2) is 0 Å². The van der Waals surface area contributed by atoms with Crippen LogP contribution in [0.25, 0.3) is 0 Å². The second-order valence-corrected chi connectivity index (χ2v) is 7.03. The van der Waals surface area contributed by atoms with Gasteiger partial charge in [0, 0.05) is 18.1 Å². The first-order chi connectivity index (χ1) is 11.8. The molecule has 0 radical (unpaired) electrons. The number of nitrogens with zero attached hydrogens (tertiary/aromatic N) is 2. The van der Waals surface area contributed by atoms with E-state index in [1.54, 1.807) is 30.1 Å². The highest BCUT2D eigenvalue weighted by molar-refractivity contribution is 6.31. The van der Waals surface area contributed by atoms with Gasteiger partial charge in [-0.15, -0.1) is 0 Å². The Morgan fingerprint density at radius 2 is 1.92 bits per heavy atom. The number of likely N-dealkylation sites (N-methyl/N-ethyl adjacent to an activating group) is 1. The quantitative estimate of drug-likeness (QED) is 0.866. The highest BCUT2D eigenvalue weighted by Crippen LogP contribution is 2.27. The fourth-order valence-electron chi connectivity index (χ4n) is 2.91. The molecule has 0 bridgehead atoms. The van der Waals surface area contributed by atoms with Crippen molar-refractivity contribution < 1.29 is 4.79 Å². The lowest BCUT2D eigenvalue weighted by Crippen LogP contribution is -2.38. The van der Waals surface area contributed by atoms with Gasteiger partial charge >= 0.3 is 0 Å². The first kappa shape index (κ1) is 17.5. The van der Waals surface area contributed by atoms with Crippen molar-refractivity contribution >= 4 is 29.0 Å². The summed E-state index contributed by atoms with van der Waals surface area (Å²) in [7, 11) is 1.77. The lowest BCUT2D eigenvalue weighted by atomic mass is 10.0. The van der Waals surface area contributed by atoms with Gasteiger partial charge in [-0.05, 0) is 55.7 Å². The molecule has 1 unspecified atom stereocenters. The predicted molar refractivity (Wildman–Crippen MR) is 103 cm³/mol. The lowest BCUT2D eigenvalue weighted by molar-refractivity contribution is 0.0816. The summed E-state index contributed by atoms with van der Waals surface area (Å²) in [5, 5.41) is 3.99. The molecule has 0 aromatic heterocycles. The molecule has 4 nitrogen and oxygen atoms in total. The summed E-state index contributed by atoms with van der Waals surface area (Å²) >= 11 is 6.04. The summed E-state index contributed by atoms with van der Waals surface area (Å²) < 4.78 is 0. The van der Waals surface area contributed by atoms with Gasteiger partial charge in [0.25, 0.3) is 5.91 Å². The average Bonchev–Trinajstić information content (AvgIpc) is 2.68. The second-order valence-electron chi connectivity index (χ2n) is 6.59. The van der Waals surface area contributed by atoms with Crippen LogP contribution in [0.5, 0.6) is 0 Å². The molecule has 1 N–H and O–H groups in total. The molecule has 0 aliphatic carbocycles. The van der Waals surface area contributed by atoms with E-state index >= 15 is 0 Å². The van der Waals surface area contributed by atoms with Crippen molar-refractivity contribution in [2.45, 2.75) is 26.8 Å². The molecule has 1 aliphatic heterocycles. The van der Waals surface area contributed by atoms with Crippen molar-refractivity contribution in [2.75, 3.05) is 13.6 Å². The van der Waals surface area contributed by atoms with Crippen molar-refractivity contribution in [1.82, 2.24) is 10.2 Å². The van der Waals surface area contributed by atoms with E-state index in [0.717, 1.165) is 5.84 Å². The van der Waals surface area contributed by atoms with Gasteiger partial charge in [-0.3, -0.25) is 4.79 Å². The fourth-order valence-corrected chi connectivity index (χ4v) is 3.08. The Labute approximate surface area is 153 Å². The number of carbonyl (C=O) groups excluding carboxylic acids is 1. The molecule has 1 atom stereocenters. The van der Waals surface area contributed by atoms with E-state index in [4.69, 9.17) is 11.6 Å². The predicted octanol–water partition coefficient (Wildman–Crippen LogP) is 4.42. The van der Waals surface area contributed by atoms with Crippen LogP contribution in [-0.2, 0) is 0 Å². The minimum absolute atomic E-state index is 0.0723. The first-order valence-corrected chi connectivity index (χ1v) is 8.69. The Hall–Kier alpha value is -2.33. The molecule has 3 rings (SSSR count). The highest BCUT2D eigenvalue weighted by atomic mass is 35.5. The Morgan fingerprint density at radius 3 is 2.64 bits per heavy atom. The molecular formula is C20H22ClN3O. The first-order valence-electron chi connectivity index (χ1n) is 8.31. The van der Waals surface area contributed by atoms with E-state index in [1.807, 2.05) is 0 Å². The standard InChI is InChI=1S/C20H22ClN3O/c1-12-5-6-15(9-13(12)2)14(3)22-19-11-24(4)20(25)17-10-16(21)7-8-18(17)23-19/h5-10,14H,11H2,1-4H3,(H,22,23). The fraction of sp³-hybridized carbons (Fsp3) is 0.300. The van der Waals surface area contributed by atoms with Gasteiger partial charge in [0.1, 0.15) is 5.84 Å². The number of halogens is 1. The summed E-state index contributed by atoms with van der Waals surface area (Å²) in [4.78, 5) is 18.9. The van der Waals surface area contributed by atoms with Gasteiger partial charge < -0.3 is 10.2 Å². The number of aryl methyl sites for hydroxylation is 2. The maximum Gasteiger partial charge on any atom is 0.256 e. The maximum atomic E-state index is 12.5. The average molecular weight is 356 g/mol. The number of amides is 1. The number of rotatable bonds is 2. The maximum absolute atomic E-state index is 12.5. The third kappa shape index (κ3) is 3.69. The molecule has 25 heavy (non-hydrogen) atoms. The second kappa shape index (κ2) is 6.89. The highest BCUT2D eigenvalue weighted by Gasteiger charge is 2.22. The van der Waals surface area contributed by atoms with Gasteiger partial charge in [0.05, 0.1) is 17.8 Å². The molecule has 5 heteroatoms. The third-order valence-electron chi connectivity index (χ3n) is 4.59. The third-order valence-corrected chi connectivity index (χ3v) is 4.83. The van der Waals surface area contributed by atoms with Crippen LogP contribution < -0.4 is 5.32 Å². The number of hydrogen-bond donors (Lipinski definition) is 1. The zero-order valence-corrected chi connectivity index (χ0v) is 15.7.